The highest BCUT2D eigenvalue weighted by Crippen LogP contribution is 2.21. The SMILES string of the molecule is C#CC(CCC)NC(=O)c1c(F)cccc1OC. The standard InChI is InChI=1S/C14H16FNO2/c1-4-7-10(5-2)16-14(17)13-11(15)8-6-9-12(13)18-3/h2,6,8-10H,4,7H2,1,3H3,(H,16,17). The minimum Gasteiger partial charge on any atom is -0.496 e. The molecule has 0 saturated carbocycles. The van der Waals surface area contributed by atoms with Crippen LogP contribution in [0.2, 0.25) is 0 Å². The van der Waals surface area contributed by atoms with E-state index in [1.54, 1.807) is 0 Å². The molecule has 0 aliphatic carbocycles. The Morgan fingerprint density at radius 2 is 2.33 bits per heavy atom. The summed E-state index contributed by atoms with van der Waals surface area (Å²) in [6.07, 6.45) is 6.79. The maximum Gasteiger partial charge on any atom is 0.259 e. The molecule has 0 aromatic heterocycles. The van der Waals surface area contributed by atoms with E-state index in [4.69, 9.17) is 11.2 Å². The highest BCUT2D eigenvalue weighted by Gasteiger charge is 2.19. The van der Waals surface area contributed by atoms with Crippen LogP contribution in [-0.2, 0) is 0 Å². The van der Waals surface area contributed by atoms with E-state index in [9.17, 15) is 9.18 Å². The van der Waals surface area contributed by atoms with Crippen molar-refractivity contribution in [1.82, 2.24) is 5.32 Å². The van der Waals surface area contributed by atoms with Gasteiger partial charge in [0.05, 0.1) is 13.2 Å². The van der Waals surface area contributed by atoms with Crippen LogP contribution in [-0.4, -0.2) is 19.1 Å². The lowest BCUT2D eigenvalue weighted by Gasteiger charge is -2.14. The van der Waals surface area contributed by atoms with Crippen molar-refractivity contribution in [1.29, 1.82) is 0 Å². The van der Waals surface area contributed by atoms with Gasteiger partial charge in [-0.2, -0.15) is 0 Å². The first-order valence-electron chi connectivity index (χ1n) is 5.73. The average Bonchev–Trinajstić information content (AvgIpc) is 2.37. The van der Waals surface area contributed by atoms with Crippen molar-refractivity contribution < 1.29 is 13.9 Å². The molecule has 0 bridgehead atoms. The number of hydrogen-bond donors (Lipinski definition) is 1. The summed E-state index contributed by atoms with van der Waals surface area (Å²) in [5.74, 6) is 1.48. The molecule has 0 heterocycles. The number of methoxy groups -OCH3 is 1. The smallest absolute Gasteiger partial charge is 0.259 e. The molecule has 1 aromatic rings. The van der Waals surface area contributed by atoms with Crippen molar-refractivity contribution in [2.45, 2.75) is 25.8 Å². The number of ether oxygens (including phenoxy) is 1. The van der Waals surface area contributed by atoms with Crippen molar-refractivity contribution in [3.8, 4) is 18.1 Å². The Kier molecular flexibility index (Phi) is 5.19. The van der Waals surface area contributed by atoms with Gasteiger partial charge in [0.2, 0.25) is 0 Å². The molecule has 0 radical (unpaired) electrons. The third-order valence-electron chi connectivity index (χ3n) is 2.51. The molecule has 96 valence electrons. The summed E-state index contributed by atoms with van der Waals surface area (Å²) >= 11 is 0. The molecule has 1 N–H and O–H groups in total. The third-order valence-corrected chi connectivity index (χ3v) is 2.51. The van der Waals surface area contributed by atoms with Crippen molar-refractivity contribution in [3.63, 3.8) is 0 Å². The number of carbonyl (C=O) groups is 1. The van der Waals surface area contributed by atoms with Crippen molar-refractivity contribution in [2.75, 3.05) is 7.11 Å². The van der Waals surface area contributed by atoms with Gasteiger partial charge in [-0.25, -0.2) is 4.39 Å². The topological polar surface area (TPSA) is 38.3 Å². The molecule has 1 aromatic carbocycles. The average molecular weight is 249 g/mol. The first kappa shape index (κ1) is 14.0. The highest BCUT2D eigenvalue weighted by atomic mass is 19.1. The van der Waals surface area contributed by atoms with Gasteiger partial charge in [0.1, 0.15) is 17.1 Å². The van der Waals surface area contributed by atoms with Crippen molar-refractivity contribution in [3.05, 3.63) is 29.6 Å². The lowest BCUT2D eigenvalue weighted by molar-refractivity contribution is 0.0937. The summed E-state index contributed by atoms with van der Waals surface area (Å²) < 4.78 is 18.6. The highest BCUT2D eigenvalue weighted by molar-refractivity contribution is 5.97. The minimum absolute atomic E-state index is 0.114. The second kappa shape index (κ2) is 6.65. The normalized spacial score (nSPS) is 11.4. The summed E-state index contributed by atoms with van der Waals surface area (Å²) in [5, 5.41) is 2.60. The maximum absolute atomic E-state index is 13.6. The molecule has 1 rings (SSSR count). The Hall–Kier alpha value is -2.02. The molecule has 1 amide bonds. The molecule has 4 heteroatoms. The second-order valence-corrected chi connectivity index (χ2v) is 3.80. The summed E-state index contributed by atoms with van der Waals surface area (Å²) in [4.78, 5) is 12.0. The largest absolute Gasteiger partial charge is 0.496 e. The summed E-state index contributed by atoms with van der Waals surface area (Å²) in [6, 6.07) is 3.83. The van der Waals surface area contributed by atoms with E-state index >= 15 is 0 Å². The molecule has 18 heavy (non-hydrogen) atoms. The van der Waals surface area contributed by atoms with E-state index in [-0.39, 0.29) is 11.3 Å². The predicted octanol–water partition coefficient (Wildman–Crippen LogP) is 2.37. The van der Waals surface area contributed by atoms with E-state index < -0.39 is 17.8 Å². The molecular formula is C14H16FNO2. The lowest BCUT2D eigenvalue weighted by atomic mass is 10.1. The van der Waals surface area contributed by atoms with Gasteiger partial charge in [-0.1, -0.05) is 25.3 Å². The monoisotopic (exact) mass is 249 g/mol. The van der Waals surface area contributed by atoms with Gasteiger partial charge in [0.15, 0.2) is 0 Å². The first-order valence-corrected chi connectivity index (χ1v) is 5.73. The fourth-order valence-electron chi connectivity index (χ4n) is 1.61. The Morgan fingerprint density at radius 3 is 2.89 bits per heavy atom. The summed E-state index contributed by atoms with van der Waals surface area (Å²) in [5.41, 5.74) is -0.114. The van der Waals surface area contributed by atoms with Gasteiger partial charge >= 0.3 is 0 Å². The minimum atomic E-state index is -0.626. The molecular weight excluding hydrogens is 233 g/mol. The molecule has 1 atom stereocenters. The van der Waals surface area contributed by atoms with Crippen LogP contribution < -0.4 is 10.1 Å². The van der Waals surface area contributed by atoms with Crippen LogP contribution in [0.3, 0.4) is 0 Å². The van der Waals surface area contributed by atoms with Crippen LogP contribution in [0.5, 0.6) is 5.75 Å². The van der Waals surface area contributed by atoms with Crippen molar-refractivity contribution >= 4 is 5.91 Å². The fraction of sp³-hybridized carbons (Fsp3) is 0.357. The third kappa shape index (κ3) is 3.24. The van der Waals surface area contributed by atoms with Crippen LogP contribution in [0.1, 0.15) is 30.1 Å². The number of terminal acetylenes is 1. The zero-order valence-corrected chi connectivity index (χ0v) is 10.5. The van der Waals surface area contributed by atoms with Gasteiger partial charge in [-0.05, 0) is 18.6 Å². The molecule has 0 fully saturated rings. The molecule has 0 aliphatic heterocycles. The first-order chi connectivity index (χ1) is 8.63. The predicted molar refractivity (Wildman–Crippen MR) is 67.9 cm³/mol. The number of halogens is 1. The van der Waals surface area contributed by atoms with Crippen LogP contribution in [0.4, 0.5) is 4.39 Å². The van der Waals surface area contributed by atoms with E-state index in [1.165, 1.54) is 25.3 Å². The van der Waals surface area contributed by atoms with Crippen LogP contribution in [0.25, 0.3) is 0 Å². The number of benzene rings is 1. The quantitative estimate of drug-likeness (QED) is 0.813. The fourth-order valence-corrected chi connectivity index (χ4v) is 1.61. The summed E-state index contributed by atoms with van der Waals surface area (Å²) in [7, 11) is 1.39. The van der Waals surface area contributed by atoms with Gasteiger partial charge < -0.3 is 10.1 Å². The van der Waals surface area contributed by atoms with Gasteiger partial charge in [-0.15, -0.1) is 6.42 Å². The van der Waals surface area contributed by atoms with Gasteiger partial charge in [0, 0.05) is 0 Å². The number of rotatable bonds is 5. The number of hydrogen-bond acceptors (Lipinski definition) is 2. The van der Waals surface area contributed by atoms with Crippen LogP contribution in [0.15, 0.2) is 18.2 Å². The Labute approximate surface area is 106 Å². The van der Waals surface area contributed by atoms with Crippen molar-refractivity contribution in [2.24, 2.45) is 0 Å². The Bertz CT molecular complexity index is 465. The van der Waals surface area contributed by atoms with Crippen LogP contribution >= 0.6 is 0 Å². The van der Waals surface area contributed by atoms with Crippen LogP contribution in [0, 0.1) is 18.2 Å². The lowest BCUT2D eigenvalue weighted by Crippen LogP contribution is -2.34. The van der Waals surface area contributed by atoms with E-state index in [2.05, 4.69) is 11.2 Å². The summed E-state index contributed by atoms with van der Waals surface area (Å²) in [6.45, 7) is 1.96. The Morgan fingerprint density at radius 1 is 1.61 bits per heavy atom. The van der Waals surface area contributed by atoms with E-state index in [1.807, 2.05) is 6.92 Å². The molecule has 0 aliphatic rings. The van der Waals surface area contributed by atoms with E-state index in [0.717, 1.165) is 6.42 Å². The maximum atomic E-state index is 13.6. The van der Waals surface area contributed by atoms with Gasteiger partial charge in [-0.3, -0.25) is 4.79 Å². The second-order valence-electron chi connectivity index (χ2n) is 3.80. The molecule has 1 unspecified atom stereocenters. The molecule has 0 saturated heterocycles. The number of carbonyl (C=O) groups excluding carboxylic acids is 1. The Balaban J connectivity index is 2.94. The number of nitrogens with one attached hydrogen (secondary N) is 1. The molecule has 3 nitrogen and oxygen atoms in total. The van der Waals surface area contributed by atoms with E-state index in [0.29, 0.717) is 6.42 Å². The zero-order valence-electron chi connectivity index (χ0n) is 10.5. The zero-order chi connectivity index (χ0) is 13.5. The van der Waals surface area contributed by atoms with Gasteiger partial charge in [0.25, 0.3) is 5.91 Å². The molecule has 0 spiro atoms. The number of amides is 1.